The molecule has 6 rings (SSSR count). The molecule has 0 bridgehead atoms. The van der Waals surface area contributed by atoms with Crippen molar-refractivity contribution in [1.29, 1.82) is 0 Å². The Bertz CT molecular complexity index is 1580. The first-order valence-corrected chi connectivity index (χ1v) is 11.4. The van der Waals surface area contributed by atoms with Gasteiger partial charge in [-0.15, -0.1) is 0 Å². The van der Waals surface area contributed by atoms with Crippen molar-refractivity contribution in [1.82, 2.24) is 9.97 Å². The van der Waals surface area contributed by atoms with Crippen molar-refractivity contribution in [2.24, 2.45) is 0 Å². The number of rotatable bonds is 4. The van der Waals surface area contributed by atoms with Gasteiger partial charge in [0.1, 0.15) is 0 Å². The van der Waals surface area contributed by atoms with Gasteiger partial charge >= 0.3 is 0 Å². The van der Waals surface area contributed by atoms with E-state index in [2.05, 4.69) is 120 Å². The summed E-state index contributed by atoms with van der Waals surface area (Å²) in [5, 5.41) is 2.21. The van der Waals surface area contributed by atoms with Gasteiger partial charge in [0.05, 0.1) is 11.0 Å². The van der Waals surface area contributed by atoms with Crippen molar-refractivity contribution in [3.8, 4) is 11.1 Å². The Balaban J connectivity index is 1.37. The molecule has 0 aliphatic rings. The van der Waals surface area contributed by atoms with Gasteiger partial charge in [0.15, 0.2) is 0 Å². The summed E-state index contributed by atoms with van der Waals surface area (Å²) in [7, 11) is 0. The highest BCUT2D eigenvalue weighted by molar-refractivity contribution is 6.03. The third-order valence-corrected chi connectivity index (χ3v) is 6.15. The monoisotopic (exact) mass is 434 g/mol. The van der Waals surface area contributed by atoms with Gasteiger partial charge in [-0.1, -0.05) is 103 Å². The van der Waals surface area contributed by atoms with Crippen molar-refractivity contribution >= 4 is 33.5 Å². The first-order chi connectivity index (χ1) is 16.8. The Kier molecular flexibility index (Phi) is 5.17. The topological polar surface area (TPSA) is 25.8 Å². The van der Waals surface area contributed by atoms with Gasteiger partial charge in [-0.2, -0.15) is 0 Å². The van der Waals surface area contributed by atoms with E-state index in [4.69, 9.17) is 4.98 Å². The van der Waals surface area contributed by atoms with Crippen molar-refractivity contribution in [2.75, 3.05) is 0 Å². The molecule has 160 valence electrons. The summed E-state index contributed by atoms with van der Waals surface area (Å²) < 4.78 is 0. The third kappa shape index (κ3) is 3.87. The number of pyridine rings is 2. The normalized spacial score (nSPS) is 10.9. The number of fused-ring (bicyclic) bond motifs is 3. The fourth-order valence-electron chi connectivity index (χ4n) is 4.40. The maximum Gasteiger partial charge on any atom is 0.0964 e. The van der Waals surface area contributed by atoms with Crippen molar-refractivity contribution in [2.45, 2.75) is 0 Å². The van der Waals surface area contributed by atoms with Gasteiger partial charge in [0.25, 0.3) is 0 Å². The second-order valence-corrected chi connectivity index (χ2v) is 8.35. The van der Waals surface area contributed by atoms with Crippen LogP contribution in [0.2, 0.25) is 0 Å². The van der Waals surface area contributed by atoms with E-state index >= 15 is 0 Å². The lowest BCUT2D eigenvalue weighted by atomic mass is 9.95. The molecule has 4 aromatic carbocycles. The highest BCUT2D eigenvalue weighted by Crippen LogP contribution is 2.29. The smallest absolute Gasteiger partial charge is 0.0964 e. The summed E-state index contributed by atoms with van der Waals surface area (Å²) in [6.45, 7) is 0. The third-order valence-electron chi connectivity index (χ3n) is 6.15. The molecule has 0 unspecified atom stereocenters. The van der Waals surface area contributed by atoms with Crippen LogP contribution in [0.25, 0.3) is 44.6 Å². The Morgan fingerprint density at radius 3 is 1.88 bits per heavy atom. The predicted molar refractivity (Wildman–Crippen MR) is 142 cm³/mol. The van der Waals surface area contributed by atoms with Crippen LogP contribution < -0.4 is 0 Å². The van der Waals surface area contributed by atoms with Crippen LogP contribution in [0, 0.1) is 0 Å². The zero-order valence-corrected chi connectivity index (χ0v) is 18.6. The molecule has 0 aliphatic heterocycles. The van der Waals surface area contributed by atoms with Crippen molar-refractivity contribution < 1.29 is 0 Å². The molecule has 2 nitrogen and oxygen atoms in total. The van der Waals surface area contributed by atoms with Crippen molar-refractivity contribution in [3.63, 3.8) is 0 Å². The molecule has 0 fully saturated rings. The van der Waals surface area contributed by atoms with E-state index in [1.807, 2.05) is 18.5 Å². The largest absolute Gasteiger partial charge is 0.254 e. The predicted octanol–water partition coefficient (Wildman–Crippen LogP) is 8.04. The summed E-state index contributed by atoms with van der Waals surface area (Å²) in [5.41, 5.74) is 8.92. The zero-order valence-electron chi connectivity index (χ0n) is 18.6. The minimum atomic E-state index is 0.941. The van der Waals surface area contributed by atoms with Gasteiger partial charge in [-0.25, -0.2) is 0 Å². The van der Waals surface area contributed by atoms with Crippen LogP contribution >= 0.6 is 0 Å². The Morgan fingerprint density at radius 1 is 0.529 bits per heavy atom. The minimum Gasteiger partial charge on any atom is -0.254 e. The van der Waals surface area contributed by atoms with E-state index in [1.165, 1.54) is 16.7 Å². The fraction of sp³-hybridized carbons (Fsp3) is 0. The van der Waals surface area contributed by atoms with E-state index in [9.17, 15) is 0 Å². The molecule has 0 aliphatic carbocycles. The molecule has 0 N–H and O–H groups in total. The second-order valence-electron chi connectivity index (χ2n) is 8.35. The Hall–Kier alpha value is -4.56. The van der Waals surface area contributed by atoms with E-state index in [1.54, 1.807) is 0 Å². The SMILES string of the molecule is C(=C(c1ccccc1)c1ccccc1)c1ccc(-c2cnc3c(ccc4cccnc43)c2)cc1. The number of hydrogen-bond acceptors (Lipinski definition) is 2. The zero-order chi connectivity index (χ0) is 22.7. The molecule has 0 atom stereocenters. The van der Waals surface area contributed by atoms with Gasteiger partial charge in [-0.3, -0.25) is 9.97 Å². The van der Waals surface area contributed by atoms with Gasteiger partial charge in [0.2, 0.25) is 0 Å². The number of nitrogens with zero attached hydrogens (tertiary/aromatic N) is 2. The fourth-order valence-corrected chi connectivity index (χ4v) is 4.40. The van der Waals surface area contributed by atoms with E-state index in [0.29, 0.717) is 0 Å². The van der Waals surface area contributed by atoms with Crippen LogP contribution in [0.15, 0.2) is 128 Å². The maximum atomic E-state index is 4.76. The number of aromatic nitrogens is 2. The first-order valence-electron chi connectivity index (χ1n) is 11.4. The van der Waals surface area contributed by atoms with Crippen LogP contribution in [-0.4, -0.2) is 9.97 Å². The molecule has 0 radical (unpaired) electrons. The molecule has 34 heavy (non-hydrogen) atoms. The summed E-state index contributed by atoms with van der Waals surface area (Å²) >= 11 is 0. The molecule has 0 saturated heterocycles. The first kappa shape index (κ1) is 20.1. The number of benzene rings is 4. The molecule has 6 aromatic rings. The van der Waals surface area contributed by atoms with Gasteiger partial charge in [0, 0.05) is 28.7 Å². The quantitative estimate of drug-likeness (QED) is 0.207. The lowest BCUT2D eigenvalue weighted by Crippen LogP contribution is -1.89. The van der Waals surface area contributed by atoms with Crippen LogP contribution in [0.5, 0.6) is 0 Å². The minimum absolute atomic E-state index is 0.941. The van der Waals surface area contributed by atoms with Crippen LogP contribution in [0.1, 0.15) is 16.7 Å². The van der Waals surface area contributed by atoms with Crippen molar-refractivity contribution in [3.05, 3.63) is 144 Å². The lowest BCUT2D eigenvalue weighted by molar-refractivity contribution is 1.37. The average Bonchev–Trinajstić information content (AvgIpc) is 2.92. The molecule has 2 heterocycles. The molecular weight excluding hydrogens is 412 g/mol. The van der Waals surface area contributed by atoms with Crippen LogP contribution in [0.4, 0.5) is 0 Å². The standard InChI is InChI=1S/C32H22N2/c1-3-8-25(9-4-1)30(26-10-5-2-6-11-26)20-23-13-15-24(16-14-23)29-21-28-18-17-27-12-7-19-33-31(27)32(28)34-22-29/h1-22H. The van der Waals surface area contributed by atoms with E-state index in [0.717, 1.165) is 38.5 Å². The summed E-state index contributed by atoms with van der Waals surface area (Å²) in [4.78, 5) is 9.29. The average molecular weight is 435 g/mol. The highest BCUT2D eigenvalue weighted by Gasteiger charge is 2.07. The summed E-state index contributed by atoms with van der Waals surface area (Å²) in [6.07, 6.45) is 6.02. The Morgan fingerprint density at radius 2 is 1.18 bits per heavy atom. The van der Waals surface area contributed by atoms with Gasteiger partial charge in [-0.05, 0) is 46.0 Å². The van der Waals surface area contributed by atoms with E-state index in [-0.39, 0.29) is 0 Å². The van der Waals surface area contributed by atoms with Crippen LogP contribution in [-0.2, 0) is 0 Å². The summed E-state index contributed by atoms with van der Waals surface area (Å²) in [5.74, 6) is 0. The number of hydrogen-bond donors (Lipinski definition) is 0. The molecule has 2 heteroatoms. The summed E-state index contributed by atoms with van der Waals surface area (Å²) in [6, 6.07) is 40.2. The Labute approximate surface area is 198 Å². The van der Waals surface area contributed by atoms with Crippen LogP contribution in [0.3, 0.4) is 0 Å². The molecule has 0 spiro atoms. The highest BCUT2D eigenvalue weighted by atomic mass is 14.7. The van der Waals surface area contributed by atoms with Gasteiger partial charge < -0.3 is 0 Å². The molecule has 2 aromatic heterocycles. The molecule has 0 saturated carbocycles. The second kappa shape index (κ2) is 8.76. The molecular formula is C32H22N2. The maximum absolute atomic E-state index is 4.76. The molecule has 0 amide bonds. The lowest BCUT2D eigenvalue weighted by Gasteiger charge is -2.10. The van der Waals surface area contributed by atoms with E-state index < -0.39 is 0 Å².